The second kappa shape index (κ2) is 13.1. The summed E-state index contributed by atoms with van der Waals surface area (Å²) in [4.78, 5) is 27.1. The van der Waals surface area contributed by atoms with Crippen LogP contribution in [0.4, 0.5) is 10.5 Å². The first-order valence-corrected chi connectivity index (χ1v) is 13.0. The average molecular weight is 506 g/mol. The van der Waals surface area contributed by atoms with Crippen LogP contribution >= 0.6 is 0 Å². The number of methoxy groups -OCH3 is 1. The Morgan fingerprint density at radius 1 is 1.11 bits per heavy atom. The fraction of sp³-hybridized carbons (Fsp3) is 0.419. The minimum atomic E-state index is -0.655. The molecule has 6 heteroatoms. The van der Waals surface area contributed by atoms with E-state index in [9.17, 15) is 9.59 Å². The van der Waals surface area contributed by atoms with Crippen molar-refractivity contribution in [3.8, 4) is 5.75 Å². The third-order valence-electron chi connectivity index (χ3n) is 6.21. The highest BCUT2D eigenvalue weighted by atomic mass is 16.6. The minimum Gasteiger partial charge on any atom is -0.497 e. The van der Waals surface area contributed by atoms with Gasteiger partial charge < -0.3 is 14.2 Å². The molecule has 1 aliphatic rings. The smallest absolute Gasteiger partial charge is 0.418 e. The third kappa shape index (κ3) is 8.24. The molecule has 37 heavy (non-hydrogen) atoms. The molecule has 2 aromatic carbocycles. The van der Waals surface area contributed by atoms with Gasteiger partial charge in [-0.1, -0.05) is 55.5 Å². The zero-order chi connectivity index (χ0) is 26.8. The number of nitrogens with zero attached hydrogens (tertiary/aromatic N) is 1. The van der Waals surface area contributed by atoms with E-state index >= 15 is 0 Å². The summed E-state index contributed by atoms with van der Waals surface area (Å²) in [5.41, 5.74) is 1.06. The van der Waals surface area contributed by atoms with Crippen LogP contribution < -0.4 is 9.64 Å². The quantitative estimate of drug-likeness (QED) is 0.248. The summed E-state index contributed by atoms with van der Waals surface area (Å²) in [7, 11) is 1.60. The molecule has 0 aliphatic carbocycles. The number of amides is 1. The monoisotopic (exact) mass is 505 g/mol. The van der Waals surface area contributed by atoms with Crippen molar-refractivity contribution in [3.63, 3.8) is 0 Å². The van der Waals surface area contributed by atoms with Gasteiger partial charge in [-0.15, -0.1) is 0 Å². The molecule has 198 valence electrons. The van der Waals surface area contributed by atoms with Gasteiger partial charge in [-0.05, 0) is 69.9 Å². The summed E-state index contributed by atoms with van der Waals surface area (Å²) < 4.78 is 16.7. The van der Waals surface area contributed by atoms with Crippen molar-refractivity contribution in [2.24, 2.45) is 5.92 Å². The lowest BCUT2D eigenvalue weighted by Gasteiger charge is -2.27. The minimum absolute atomic E-state index is 0.0440. The third-order valence-corrected chi connectivity index (χ3v) is 6.21. The molecule has 1 fully saturated rings. The van der Waals surface area contributed by atoms with Crippen molar-refractivity contribution in [1.82, 2.24) is 0 Å². The van der Waals surface area contributed by atoms with Crippen LogP contribution in [0.5, 0.6) is 5.75 Å². The van der Waals surface area contributed by atoms with E-state index in [1.54, 1.807) is 25.4 Å². The highest BCUT2D eigenvalue weighted by molar-refractivity contribution is 5.90. The van der Waals surface area contributed by atoms with E-state index in [2.05, 4.69) is 31.2 Å². The highest BCUT2D eigenvalue weighted by Crippen LogP contribution is 2.39. The van der Waals surface area contributed by atoms with Gasteiger partial charge in [0.25, 0.3) is 0 Å². The number of allylic oxidation sites excluding steroid dienone is 3. The molecule has 3 atom stereocenters. The Bertz CT molecular complexity index is 1070. The van der Waals surface area contributed by atoms with Crippen molar-refractivity contribution < 1.29 is 23.8 Å². The lowest BCUT2D eigenvalue weighted by Crippen LogP contribution is -2.33. The second-order valence-corrected chi connectivity index (χ2v) is 10.2. The highest BCUT2D eigenvalue weighted by Gasteiger charge is 2.39. The SMILES string of the molecule is CC/C=C/CC[C@H]1OC(=O)C[C@@H]1[C@H](/C=C\N(C(=O)OC(C)(C)C)c1ccc(OC)cc1)c1ccccc1. The summed E-state index contributed by atoms with van der Waals surface area (Å²) >= 11 is 0. The molecular weight excluding hydrogens is 466 g/mol. The van der Waals surface area contributed by atoms with Crippen molar-refractivity contribution >= 4 is 17.7 Å². The number of hydrogen-bond acceptors (Lipinski definition) is 5. The fourth-order valence-corrected chi connectivity index (χ4v) is 4.47. The average Bonchev–Trinajstić information content (AvgIpc) is 3.24. The van der Waals surface area contributed by atoms with Crippen LogP contribution in [0.1, 0.15) is 64.9 Å². The molecule has 6 nitrogen and oxygen atoms in total. The van der Waals surface area contributed by atoms with Crippen LogP contribution in [0.3, 0.4) is 0 Å². The molecule has 0 unspecified atom stereocenters. The number of esters is 1. The van der Waals surface area contributed by atoms with Crippen LogP contribution in [0.25, 0.3) is 0 Å². The van der Waals surface area contributed by atoms with Gasteiger partial charge in [-0.25, -0.2) is 4.79 Å². The normalized spacial score (nSPS) is 18.7. The van der Waals surface area contributed by atoms with Crippen LogP contribution in [0, 0.1) is 5.92 Å². The Kier molecular flexibility index (Phi) is 9.95. The molecule has 0 N–H and O–H groups in total. The summed E-state index contributed by atoms with van der Waals surface area (Å²) in [6.07, 6.45) is 10.3. The standard InChI is InChI=1S/C31H39NO5/c1-6-7-8-12-15-28-27(22-29(33)36-28)26(23-13-10-9-11-14-23)20-21-32(30(34)37-31(2,3)4)24-16-18-25(35-5)19-17-24/h7-11,13-14,16-21,26-28H,6,12,15,22H2,1-5H3/b8-7+,21-20-/t26-,27-,28-/m1/s1. The molecule has 3 rings (SSSR count). The first kappa shape index (κ1) is 28.0. The molecule has 1 saturated heterocycles. The predicted molar refractivity (Wildman–Crippen MR) is 147 cm³/mol. The van der Waals surface area contributed by atoms with Gasteiger partial charge in [-0.2, -0.15) is 0 Å². The summed E-state index contributed by atoms with van der Waals surface area (Å²) in [6.45, 7) is 7.62. The first-order valence-electron chi connectivity index (χ1n) is 13.0. The molecule has 2 aromatic rings. The zero-order valence-electron chi connectivity index (χ0n) is 22.6. The Balaban J connectivity index is 1.96. The van der Waals surface area contributed by atoms with Gasteiger partial charge in [0.1, 0.15) is 17.5 Å². The van der Waals surface area contributed by atoms with E-state index in [0.717, 1.165) is 24.8 Å². The van der Waals surface area contributed by atoms with Crippen molar-refractivity contribution in [2.75, 3.05) is 12.0 Å². The number of carbonyl (C=O) groups is 2. The predicted octanol–water partition coefficient (Wildman–Crippen LogP) is 7.41. The van der Waals surface area contributed by atoms with E-state index in [1.807, 2.05) is 57.2 Å². The molecule has 0 radical (unpaired) electrons. The van der Waals surface area contributed by atoms with Crippen LogP contribution in [-0.4, -0.2) is 30.9 Å². The number of hydrogen-bond donors (Lipinski definition) is 0. The van der Waals surface area contributed by atoms with Crippen LogP contribution in [-0.2, 0) is 14.3 Å². The lowest BCUT2D eigenvalue weighted by atomic mass is 9.80. The van der Waals surface area contributed by atoms with Crippen LogP contribution in [0.15, 0.2) is 79.0 Å². The fourth-order valence-electron chi connectivity index (χ4n) is 4.47. The number of benzene rings is 2. The Labute approximate surface area is 220 Å². The van der Waals surface area contributed by atoms with Crippen molar-refractivity contribution in [2.45, 2.75) is 71.0 Å². The Morgan fingerprint density at radius 3 is 2.43 bits per heavy atom. The topological polar surface area (TPSA) is 65.1 Å². The van der Waals surface area contributed by atoms with Gasteiger partial charge in [-0.3, -0.25) is 9.69 Å². The van der Waals surface area contributed by atoms with Gasteiger partial charge >= 0.3 is 12.1 Å². The number of carbonyl (C=O) groups excluding carboxylic acids is 2. The molecule has 0 spiro atoms. The Morgan fingerprint density at radius 2 is 1.81 bits per heavy atom. The van der Waals surface area contributed by atoms with Gasteiger partial charge in [0.15, 0.2) is 0 Å². The maximum absolute atomic E-state index is 13.2. The maximum atomic E-state index is 13.2. The zero-order valence-corrected chi connectivity index (χ0v) is 22.6. The van der Waals surface area contributed by atoms with Gasteiger partial charge in [0.2, 0.25) is 0 Å². The second-order valence-electron chi connectivity index (χ2n) is 10.2. The molecule has 0 saturated carbocycles. The molecule has 0 aromatic heterocycles. The molecular formula is C31H39NO5. The van der Waals surface area contributed by atoms with E-state index in [0.29, 0.717) is 17.9 Å². The number of cyclic esters (lactones) is 1. The summed E-state index contributed by atoms with van der Waals surface area (Å²) in [6, 6.07) is 17.3. The molecule has 1 heterocycles. The van der Waals surface area contributed by atoms with Gasteiger partial charge in [0.05, 0.1) is 19.2 Å². The van der Waals surface area contributed by atoms with Crippen LogP contribution in [0.2, 0.25) is 0 Å². The number of ether oxygens (including phenoxy) is 3. The molecule has 1 amide bonds. The van der Waals surface area contributed by atoms with E-state index in [1.165, 1.54) is 4.90 Å². The first-order chi connectivity index (χ1) is 17.7. The van der Waals surface area contributed by atoms with E-state index in [-0.39, 0.29) is 23.9 Å². The van der Waals surface area contributed by atoms with E-state index in [4.69, 9.17) is 14.2 Å². The van der Waals surface area contributed by atoms with Gasteiger partial charge in [0, 0.05) is 18.0 Å². The number of anilines is 1. The lowest BCUT2D eigenvalue weighted by molar-refractivity contribution is -0.141. The maximum Gasteiger partial charge on any atom is 0.418 e. The molecule has 0 bridgehead atoms. The van der Waals surface area contributed by atoms with Crippen molar-refractivity contribution in [1.29, 1.82) is 0 Å². The van der Waals surface area contributed by atoms with E-state index < -0.39 is 11.7 Å². The summed E-state index contributed by atoms with van der Waals surface area (Å²) in [5, 5.41) is 0. The van der Waals surface area contributed by atoms with Crippen molar-refractivity contribution in [3.05, 3.63) is 84.6 Å². The largest absolute Gasteiger partial charge is 0.497 e. The summed E-state index contributed by atoms with van der Waals surface area (Å²) in [5.74, 6) is 0.345. The Hall–Kier alpha value is -3.54. The number of rotatable bonds is 10. The molecule has 1 aliphatic heterocycles.